The summed E-state index contributed by atoms with van der Waals surface area (Å²) >= 11 is 0. The first-order chi connectivity index (χ1) is 22.2. The fourth-order valence-electron chi connectivity index (χ4n) is 6.66. The Morgan fingerprint density at radius 1 is 0.444 bits per heavy atom. The predicted molar refractivity (Wildman–Crippen MR) is 198 cm³/mol. The molecule has 0 saturated heterocycles. The molecule has 0 radical (unpaired) electrons. The zero-order valence-corrected chi connectivity index (χ0v) is 30.9. The predicted octanol–water partition coefficient (Wildman–Crippen LogP) is 12.5. The van der Waals surface area contributed by atoms with Crippen LogP contribution in [0, 0.1) is 0 Å². The van der Waals surface area contributed by atoms with Crippen LogP contribution < -0.4 is 5.32 Å². The van der Waals surface area contributed by atoms with E-state index in [1.165, 1.54) is 186 Å². The van der Waals surface area contributed by atoms with Crippen LogP contribution in [-0.2, 0) is 4.79 Å². The first-order valence-corrected chi connectivity index (χ1v) is 20.7. The summed E-state index contributed by atoms with van der Waals surface area (Å²) in [4.78, 5) is 12.4. The van der Waals surface area contributed by atoms with E-state index < -0.39 is 12.1 Å². The molecule has 0 aliphatic rings. The Labute approximate surface area is 283 Å². The third kappa shape index (κ3) is 34.5. The van der Waals surface area contributed by atoms with Gasteiger partial charge in [-0.05, 0) is 12.8 Å². The lowest BCUT2D eigenvalue weighted by Crippen LogP contribution is -2.45. The summed E-state index contributed by atoms with van der Waals surface area (Å²) in [5.41, 5.74) is 0. The van der Waals surface area contributed by atoms with Crippen molar-refractivity contribution >= 4 is 5.91 Å². The lowest BCUT2D eigenvalue weighted by atomic mass is 10.0. The molecule has 3 N–H and O–H groups in total. The Balaban J connectivity index is 3.44. The highest BCUT2D eigenvalue weighted by Gasteiger charge is 2.19. The second kappa shape index (κ2) is 37.8. The van der Waals surface area contributed by atoms with E-state index in [2.05, 4.69) is 19.2 Å². The Hall–Kier alpha value is -0.610. The van der Waals surface area contributed by atoms with Gasteiger partial charge >= 0.3 is 0 Å². The summed E-state index contributed by atoms with van der Waals surface area (Å²) in [7, 11) is 0. The number of carbonyl (C=O) groups is 1. The van der Waals surface area contributed by atoms with Crippen LogP contribution in [0.2, 0.25) is 0 Å². The highest BCUT2D eigenvalue weighted by atomic mass is 16.3. The number of amides is 1. The minimum Gasteiger partial charge on any atom is -0.394 e. The van der Waals surface area contributed by atoms with Crippen LogP contribution in [0.1, 0.15) is 239 Å². The highest BCUT2D eigenvalue weighted by Crippen LogP contribution is 2.16. The maximum Gasteiger partial charge on any atom is 0.220 e. The van der Waals surface area contributed by atoms with Crippen LogP contribution in [-0.4, -0.2) is 34.9 Å². The SMILES string of the molecule is CCCCCCCCCCCCCCCCCCCCCCCCC(=O)N[C@@H](CO)[C@H](O)CCCCCCCCCCCCC. The molecule has 0 aromatic heterocycles. The summed E-state index contributed by atoms with van der Waals surface area (Å²) in [5, 5.41) is 23.1. The number of rotatable bonds is 38. The smallest absolute Gasteiger partial charge is 0.220 e. The number of unbranched alkanes of at least 4 members (excludes halogenated alkanes) is 31. The van der Waals surface area contributed by atoms with Crippen LogP contribution in [0.3, 0.4) is 0 Å². The summed E-state index contributed by atoms with van der Waals surface area (Å²) in [6, 6.07) is -0.527. The molecule has 0 heterocycles. The topological polar surface area (TPSA) is 69.6 Å². The average molecular weight is 638 g/mol. The fourth-order valence-corrected chi connectivity index (χ4v) is 6.66. The minimum atomic E-state index is -0.651. The lowest BCUT2D eigenvalue weighted by Gasteiger charge is -2.22. The number of aliphatic hydroxyl groups is 2. The molecule has 0 aliphatic heterocycles. The van der Waals surface area contributed by atoms with Crippen LogP contribution in [0.25, 0.3) is 0 Å². The molecule has 0 aliphatic carbocycles. The van der Waals surface area contributed by atoms with Crippen molar-refractivity contribution < 1.29 is 15.0 Å². The van der Waals surface area contributed by atoms with E-state index in [9.17, 15) is 15.0 Å². The van der Waals surface area contributed by atoms with Gasteiger partial charge in [-0.25, -0.2) is 0 Å². The molecule has 0 fully saturated rings. The Kier molecular flexibility index (Phi) is 37.3. The van der Waals surface area contributed by atoms with E-state index in [1.807, 2.05) is 0 Å². The van der Waals surface area contributed by atoms with Crippen molar-refractivity contribution in [2.75, 3.05) is 6.61 Å². The van der Waals surface area contributed by atoms with Gasteiger partial charge in [0.2, 0.25) is 5.91 Å². The molecule has 0 bridgehead atoms. The van der Waals surface area contributed by atoms with Gasteiger partial charge in [-0.15, -0.1) is 0 Å². The molecule has 0 unspecified atom stereocenters. The van der Waals surface area contributed by atoms with Gasteiger partial charge in [0.05, 0.1) is 18.8 Å². The standard InChI is InChI=1S/C41H83NO3/c1-3-5-7-9-11-13-15-16-17-18-19-20-21-22-23-24-25-27-29-31-33-35-37-41(45)42-39(38-43)40(44)36-34-32-30-28-26-14-12-10-8-6-4-2/h39-40,43-44H,3-38H2,1-2H3,(H,42,45)/t39-,40+/m0/s1. The molecule has 0 rings (SSSR count). The lowest BCUT2D eigenvalue weighted by molar-refractivity contribution is -0.123. The zero-order chi connectivity index (χ0) is 32.9. The molecule has 0 aromatic carbocycles. The summed E-state index contributed by atoms with van der Waals surface area (Å²) in [5.74, 6) is -0.0276. The van der Waals surface area contributed by atoms with E-state index in [4.69, 9.17) is 0 Å². The van der Waals surface area contributed by atoms with Gasteiger partial charge in [-0.2, -0.15) is 0 Å². The molecule has 45 heavy (non-hydrogen) atoms. The van der Waals surface area contributed by atoms with E-state index >= 15 is 0 Å². The van der Waals surface area contributed by atoms with Crippen molar-refractivity contribution in [1.29, 1.82) is 0 Å². The van der Waals surface area contributed by atoms with Gasteiger partial charge in [-0.3, -0.25) is 4.79 Å². The van der Waals surface area contributed by atoms with E-state index in [0.717, 1.165) is 25.7 Å². The van der Waals surface area contributed by atoms with Crippen molar-refractivity contribution in [3.05, 3.63) is 0 Å². The third-order valence-electron chi connectivity index (χ3n) is 9.87. The molecule has 0 saturated carbocycles. The van der Waals surface area contributed by atoms with Crippen LogP contribution in [0.4, 0.5) is 0 Å². The minimum absolute atomic E-state index is 0.0276. The van der Waals surface area contributed by atoms with Gasteiger partial charge in [0.15, 0.2) is 0 Å². The summed E-state index contributed by atoms with van der Waals surface area (Å²) in [6.07, 6.45) is 44.6. The van der Waals surface area contributed by atoms with E-state index in [-0.39, 0.29) is 12.5 Å². The second-order valence-electron chi connectivity index (χ2n) is 14.4. The number of aliphatic hydroxyl groups excluding tert-OH is 2. The van der Waals surface area contributed by atoms with Crippen molar-refractivity contribution in [2.24, 2.45) is 0 Å². The van der Waals surface area contributed by atoms with E-state index in [0.29, 0.717) is 12.8 Å². The van der Waals surface area contributed by atoms with Gasteiger partial charge in [-0.1, -0.05) is 219 Å². The van der Waals surface area contributed by atoms with Crippen LogP contribution in [0.15, 0.2) is 0 Å². The highest BCUT2D eigenvalue weighted by molar-refractivity contribution is 5.76. The maximum absolute atomic E-state index is 12.4. The number of nitrogens with one attached hydrogen (secondary N) is 1. The van der Waals surface area contributed by atoms with Gasteiger partial charge < -0.3 is 15.5 Å². The van der Waals surface area contributed by atoms with Gasteiger partial charge in [0.1, 0.15) is 0 Å². The molecular weight excluding hydrogens is 554 g/mol. The first-order valence-electron chi connectivity index (χ1n) is 20.7. The normalized spacial score (nSPS) is 12.9. The monoisotopic (exact) mass is 638 g/mol. The second-order valence-corrected chi connectivity index (χ2v) is 14.4. The largest absolute Gasteiger partial charge is 0.394 e. The zero-order valence-electron chi connectivity index (χ0n) is 30.9. The van der Waals surface area contributed by atoms with Gasteiger partial charge in [0, 0.05) is 6.42 Å². The molecule has 0 spiro atoms. The van der Waals surface area contributed by atoms with Crippen molar-refractivity contribution in [1.82, 2.24) is 5.32 Å². The van der Waals surface area contributed by atoms with Crippen LogP contribution >= 0.6 is 0 Å². The van der Waals surface area contributed by atoms with Crippen molar-refractivity contribution in [3.63, 3.8) is 0 Å². The molecular formula is C41H83NO3. The molecule has 0 aromatic rings. The molecule has 4 nitrogen and oxygen atoms in total. The maximum atomic E-state index is 12.4. The Bertz CT molecular complexity index is 569. The number of hydrogen-bond acceptors (Lipinski definition) is 3. The quantitative estimate of drug-likeness (QED) is 0.0590. The molecule has 1 amide bonds. The Morgan fingerprint density at radius 3 is 1.00 bits per heavy atom. The molecule has 4 heteroatoms. The third-order valence-corrected chi connectivity index (χ3v) is 9.87. The fraction of sp³-hybridized carbons (Fsp3) is 0.976. The van der Waals surface area contributed by atoms with Crippen LogP contribution in [0.5, 0.6) is 0 Å². The molecule has 2 atom stereocenters. The average Bonchev–Trinajstić information content (AvgIpc) is 3.04. The first kappa shape index (κ1) is 44.4. The summed E-state index contributed by atoms with van der Waals surface area (Å²) < 4.78 is 0. The van der Waals surface area contributed by atoms with Crippen molar-refractivity contribution in [3.8, 4) is 0 Å². The Morgan fingerprint density at radius 2 is 0.711 bits per heavy atom. The van der Waals surface area contributed by atoms with E-state index in [1.54, 1.807) is 0 Å². The van der Waals surface area contributed by atoms with Crippen molar-refractivity contribution in [2.45, 2.75) is 251 Å². The summed E-state index contributed by atoms with van der Waals surface area (Å²) in [6.45, 7) is 4.36. The molecule has 270 valence electrons. The number of hydrogen-bond donors (Lipinski definition) is 3. The van der Waals surface area contributed by atoms with Gasteiger partial charge in [0.25, 0.3) is 0 Å². The number of carbonyl (C=O) groups excluding carboxylic acids is 1.